The second-order valence-corrected chi connectivity index (χ2v) is 3.80. The Morgan fingerprint density at radius 2 is 2.06 bits per heavy atom. The summed E-state index contributed by atoms with van der Waals surface area (Å²) in [6.07, 6.45) is 3.32. The number of nitrogens with zero attached hydrogens (tertiary/aromatic N) is 3. The molecule has 1 N–H and O–H groups in total. The van der Waals surface area contributed by atoms with Crippen molar-refractivity contribution in [1.29, 1.82) is 0 Å². The van der Waals surface area contributed by atoms with Gasteiger partial charge in [-0.2, -0.15) is 5.10 Å². The Kier molecular flexibility index (Phi) is 5.09. The second-order valence-electron chi connectivity index (χ2n) is 3.80. The van der Waals surface area contributed by atoms with Crippen LogP contribution < -0.4 is 5.32 Å². The minimum absolute atomic E-state index is 0.119. The van der Waals surface area contributed by atoms with E-state index in [4.69, 9.17) is 0 Å². The van der Waals surface area contributed by atoms with E-state index in [0.29, 0.717) is 11.7 Å². The molecule has 0 amide bonds. The average Bonchev–Trinajstić information content (AvgIpc) is 2.75. The maximum atomic E-state index is 10.7. The van der Waals surface area contributed by atoms with Crippen molar-refractivity contribution in [2.75, 3.05) is 13.1 Å². The minimum atomic E-state index is -0.375. The van der Waals surface area contributed by atoms with E-state index >= 15 is 0 Å². The number of rotatable bonds is 2. The summed E-state index contributed by atoms with van der Waals surface area (Å²) in [4.78, 5) is 10.3. The molecule has 0 saturated carbocycles. The van der Waals surface area contributed by atoms with Gasteiger partial charge in [0.25, 0.3) is 0 Å². The Balaban J connectivity index is 0.000000686. The Labute approximate surface area is 101 Å². The molecule has 0 radical (unpaired) electrons. The lowest BCUT2D eigenvalue weighted by molar-refractivity contribution is -0.385. The van der Waals surface area contributed by atoms with Gasteiger partial charge in [-0.1, -0.05) is 13.8 Å². The zero-order chi connectivity index (χ0) is 12.8. The summed E-state index contributed by atoms with van der Waals surface area (Å²) in [6.45, 7) is 7.67. The van der Waals surface area contributed by atoms with Gasteiger partial charge in [0.15, 0.2) is 0 Å². The third kappa shape index (κ3) is 3.03. The quantitative estimate of drug-likeness (QED) is 0.634. The summed E-state index contributed by atoms with van der Waals surface area (Å²) in [7, 11) is 0. The van der Waals surface area contributed by atoms with E-state index in [9.17, 15) is 10.1 Å². The summed E-state index contributed by atoms with van der Waals surface area (Å²) in [5.41, 5.74) is 0.778. The highest BCUT2D eigenvalue weighted by Crippen LogP contribution is 2.24. The lowest BCUT2D eigenvalue weighted by atomic mass is 10.1. The van der Waals surface area contributed by atoms with Crippen molar-refractivity contribution in [1.82, 2.24) is 15.1 Å². The van der Waals surface area contributed by atoms with Crippen molar-refractivity contribution >= 4 is 5.69 Å². The van der Waals surface area contributed by atoms with E-state index in [-0.39, 0.29) is 10.6 Å². The minimum Gasteiger partial charge on any atom is -0.317 e. The molecule has 6 nitrogen and oxygen atoms in total. The van der Waals surface area contributed by atoms with Crippen molar-refractivity contribution in [2.24, 2.45) is 0 Å². The number of nitrogens with one attached hydrogen (secondary N) is 1. The first-order chi connectivity index (χ1) is 8.20. The summed E-state index contributed by atoms with van der Waals surface area (Å²) in [5.74, 6) is 0. The van der Waals surface area contributed by atoms with Crippen molar-refractivity contribution < 1.29 is 4.92 Å². The summed E-state index contributed by atoms with van der Waals surface area (Å²) in [6, 6.07) is 0.306. The van der Waals surface area contributed by atoms with Crippen LogP contribution in [-0.2, 0) is 0 Å². The molecule has 0 aliphatic carbocycles. The Morgan fingerprint density at radius 3 is 2.53 bits per heavy atom. The average molecular weight is 240 g/mol. The number of hydrogen-bond donors (Lipinski definition) is 1. The van der Waals surface area contributed by atoms with Crippen LogP contribution >= 0.6 is 0 Å². The van der Waals surface area contributed by atoms with Crippen molar-refractivity contribution in [3.05, 3.63) is 22.0 Å². The van der Waals surface area contributed by atoms with Gasteiger partial charge in [-0.05, 0) is 32.9 Å². The molecule has 0 spiro atoms. The fraction of sp³-hybridized carbons (Fsp3) is 0.727. The normalized spacial score (nSPS) is 16.2. The lowest BCUT2D eigenvalue weighted by Gasteiger charge is -2.23. The van der Waals surface area contributed by atoms with Gasteiger partial charge in [0.2, 0.25) is 0 Å². The number of aromatic nitrogens is 2. The van der Waals surface area contributed by atoms with E-state index in [1.54, 1.807) is 11.6 Å². The van der Waals surface area contributed by atoms with E-state index < -0.39 is 0 Å². The molecule has 1 aliphatic heterocycles. The van der Waals surface area contributed by atoms with E-state index in [2.05, 4.69) is 10.4 Å². The standard InChI is InChI=1S/C9H14N4O2.C2H6/c1-7-9(13(14)15)6-11-12(7)8-2-4-10-5-3-8;1-2/h6,8,10H,2-5H2,1H3;1-2H3. The molecule has 6 heteroatoms. The summed E-state index contributed by atoms with van der Waals surface area (Å²) < 4.78 is 1.79. The maximum absolute atomic E-state index is 10.7. The van der Waals surface area contributed by atoms with E-state index in [0.717, 1.165) is 25.9 Å². The van der Waals surface area contributed by atoms with Gasteiger partial charge in [0.05, 0.1) is 11.0 Å². The summed E-state index contributed by atoms with van der Waals surface area (Å²) >= 11 is 0. The van der Waals surface area contributed by atoms with Crippen LogP contribution in [0.15, 0.2) is 6.20 Å². The number of hydrogen-bond acceptors (Lipinski definition) is 4. The first kappa shape index (κ1) is 13.6. The van der Waals surface area contributed by atoms with Gasteiger partial charge < -0.3 is 5.32 Å². The monoisotopic (exact) mass is 240 g/mol. The van der Waals surface area contributed by atoms with Crippen molar-refractivity contribution in [2.45, 2.75) is 39.7 Å². The smallest absolute Gasteiger partial charge is 0.309 e. The van der Waals surface area contributed by atoms with Gasteiger partial charge in [-0.25, -0.2) is 0 Å². The summed E-state index contributed by atoms with van der Waals surface area (Å²) in [5, 5.41) is 18.0. The second kappa shape index (κ2) is 6.34. The van der Waals surface area contributed by atoms with Crippen LogP contribution in [0.3, 0.4) is 0 Å². The van der Waals surface area contributed by atoms with Crippen LogP contribution in [0, 0.1) is 17.0 Å². The fourth-order valence-electron chi connectivity index (χ4n) is 2.01. The molecule has 1 fully saturated rings. The first-order valence-electron chi connectivity index (χ1n) is 6.09. The number of nitro groups is 1. The molecule has 1 aliphatic rings. The highest BCUT2D eigenvalue weighted by atomic mass is 16.6. The molecule has 0 bridgehead atoms. The Morgan fingerprint density at radius 1 is 1.47 bits per heavy atom. The van der Waals surface area contributed by atoms with Gasteiger partial charge in [-0.3, -0.25) is 14.8 Å². The molecule has 0 aromatic carbocycles. The van der Waals surface area contributed by atoms with Crippen molar-refractivity contribution in [3.8, 4) is 0 Å². The van der Waals surface area contributed by atoms with Gasteiger partial charge in [0.1, 0.15) is 11.9 Å². The molecule has 0 atom stereocenters. The van der Waals surface area contributed by atoms with Crippen LogP contribution in [0.25, 0.3) is 0 Å². The Bertz CT molecular complexity index is 370. The third-order valence-corrected chi connectivity index (χ3v) is 2.87. The molecule has 1 saturated heterocycles. The highest BCUT2D eigenvalue weighted by Gasteiger charge is 2.22. The van der Waals surface area contributed by atoms with Crippen LogP contribution in [0.1, 0.15) is 38.4 Å². The third-order valence-electron chi connectivity index (χ3n) is 2.87. The molecule has 1 aromatic heterocycles. The topological polar surface area (TPSA) is 73.0 Å². The SMILES string of the molecule is CC.Cc1c([N+](=O)[O-])cnn1C1CCNCC1. The molecule has 0 unspecified atom stereocenters. The van der Waals surface area contributed by atoms with Gasteiger partial charge >= 0.3 is 5.69 Å². The Hall–Kier alpha value is -1.43. The zero-order valence-corrected chi connectivity index (χ0v) is 10.6. The molecule has 96 valence electrons. The van der Waals surface area contributed by atoms with E-state index in [1.807, 2.05) is 13.8 Å². The van der Waals surface area contributed by atoms with Crippen LogP contribution in [0.2, 0.25) is 0 Å². The fourth-order valence-corrected chi connectivity index (χ4v) is 2.01. The predicted molar refractivity (Wildman–Crippen MR) is 66.1 cm³/mol. The molecule has 2 heterocycles. The molecule has 17 heavy (non-hydrogen) atoms. The van der Waals surface area contributed by atoms with Crippen LogP contribution in [-0.4, -0.2) is 27.8 Å². The lowest BCUT2D eigenvalue weighted by Crippen LogP contribution is -2.30. The van der Waals surface area contributed by atoms with E-state index in [1.165, 1.54) is 6.20 Å². The molecule has 1 aromatic rings. The largest absolute Gasteiger partial charge is 0.317 e. The maximum Gasteiger partial charge on any atom is 0.309 e. The predicted octanol–water partition coefficient (Wildman–Crippen LogP) is 2.05. The zero-order valence-electron chi connectivity index (χ0n) is 10.6. The molecular weight excluding hydrogens is 220 g/mol. The number of piperidine rings is 1. The van der Waals surface area contributed by atoms with Gasteiger partial charge in [0, 0.05) is 0 Å². The van der Waals surface area contributed by atoms with Crippen molar-refractivity contribution in [3.63, 3.8) is 0 Å². The van der Waals surface area contributed by atoms with Crippen LogP contribution in [0.4, 0.5) is 5.69 Å². The van der Waals surface area contributed by atoms with Crippen LogP contribution in [0.5, 0.6) is 0 Å². The van der Waals surface area contributed by atoms with Gasteiger partial charge in [-0.15, -0.1) is 0 Å². The molecule has 2 rings (SSSR count). The first-order valence-corrected chi connectivity index (χ1v) is 6.09. The molecular formula is C11H20N4O2. The highest BCUT2D eigenvalue weighted by molar-refractivity contribution is 5.31.